The van der Waals surface area contributed by atoms with Crippen LogP contribution in [0.3, 0.4) is 0 Å². The fourth-order valence-electron chi connectivity index (χ4n) is 3.10. The second-order valence-electron chi connectivity index (χ2n) is 7.39. The number of hydrogen-bond acceptors (Lipinski definition) is 7. The van der Waals surface area contributed by atoms with Crippen LogP contribution >= 0.6 is 0 Å². The summed E-state index contributed by atoms with van der Waals surface area (Å²) in [6.07, 6.45) is 1.17. The van der Waals surface area contributed by atoms with E-state index in [0.29, 0.717) is 5.56 Å². The zero-order valence-corrected chi connectivity index (χ0v) is 18.9. The first-order valence-corrected chi connectivity index (χ1v) is 11.5. The van der Waals surface area contributed by atoms with Crippen molar-refractivity contribution in [2.24, 2.45) is 5.29 Å². The number of benzene rings is 2. The molecule has 0 radical (unpaired) electrons. The van der Waals surface area contributed by atoms with Crippen LogP contribution in [-0.4, -0.2) is 56.9 Å². The number of sulfone groups is 1. The summed E-state index contributed by atoms with van der Waals surface area (Å²) >= 11 is 0. The highest BCUT2D eigenvalue weighted by atomic mass is 32.2. The Labute approximate surface area is 185 Å². The molecule has 0 saturated heterocycles. The summed E-state index contributed by atoms with van der Waals surface area (Å²) in [7, 11) is -0.554. The summed E-state index contributed by atoms with van der Waals surface area (Å²) in [5.74, 6) is -2.51. The van der Waals surface area contributed by atoms with Crippen molar-refractivity contribution in [3.8, 4) is 11.1 Å². The summed E-state index contributed by atoms with van der Waals surface area (Å²) < 4.78 is 22.8. The Morgan fingerprint density at radius 2 is 1.47 bits per heavy atom. The van der Waals surface area contributed by atoms with Crippen molar-refractivity contribution in [2.75, 3.05) is 20.4 Å². The van der Waals surface area contributed by atoms with E-state index >= 15 is 0 Å². The van der Waals surface area contributed by atoms with Gasteiger partial charge in [0.05, 0.1) is 11.0 Å². The first-order valence-electron chi connectivity index (χ1n) is 9.44. The van der Waals surface area contributed by atoms with Crippen molar-refractivity contribution in [3.63, 3.8) is 0 Å². The third kappa shape index (κ3) is 5.35. The van der Waals surface area contributed by atoms with E-state index < -0.39 is 33.1 Å². The van der Waals surface area contributed by atoms with E-state index in [0.717, 1.165) is 16.0 Å². The topological polar surface area (TPSA) is 142 Å². The molecule has 0 aliphatic heterocycles. The lowest BCUT2D eigenvalue weighted by Gasteiger charge is -2.34. The van der Waals surface area contributed by atoms with E-state index in [4.69, 9.17) is 0 Å². The molecule has 170 valence electrons. The van der Waals surface area contributed by atoms with Crippen molar-refractivity contribution >= 4 is 27.6 Å². The minimum Gasteiger partial charge on any atom is -0.357 e. The van der Waals surface area contributed by atoms with Crippen LogP contribution in [0.2, 0.25) is 0 Å². The molecule has 0 aromatic heterocycles. The number of likely N-dealkylation sites (N-methyl/N-ethyl adjacent to an activating group) is 2. The zero-order chi connectivity index (χ0) is 24.1. The largest absolute Gasteiger partial charge is 0.357 e. The standard InChI is InChI=1S/C21H24N4O6S/c1-21(19(27)22-2,20(28)23-24-29)25(3)18(26)17-11-9-16(10-12-17)15-7-5-14(6-8-15)13-32(4,30)31/h5-12H,13H2,1-4H3,(H,22,27)(H,23,28,29)/t21-/m0/s1. The molecule has 0 aliphatic rings. The van der Waals surface area contributed by atoms with Gasteiger partial charge in [0, 0.05) is 25.9 Å². The highest BCUT2D eigenvalue weighted by Gasteiger charge is 2.47. The van der Waals surface area contributed by atoms with Crippen molar-refractivity contribution < 1.29 is 22.8 Å². The molecule has 2 rings (SSSR count). The third-order valence-electron chi connectivity index (χ3n) is 5.08. The summed E-state index contributed by atoms with van der Waals surface area (Å²) in [4.78, 5) is 49.0. The average molecular weight is 461 g/mol. The Balaban J connectivity index is 2.27. The number of rotatable bonds is 8. The fourth-order valence-corrected chi connectivity index (χ4v) is 3.90. The third-order valence-corrected chi connectivity index (χ3v) is 5.94. The molecule has 0 aliphatic carbocycles. The Hall–Kier alpha value is -3.60. The lowest BCUT2D eigenvalue weighted by atomic mass is 9.96. The van der Waals surface area contributed by atoms with Crippen LogP contribution < -0.4 is 10.7 Å². The van der Waals surface area contributed by atoms with Gasteiger partial charge in [-0.25, -0.2) is 13.8 Å². The molecule has 0 spiro atoms. The molecular weight excluding hydrogens is 436 g/mol. The maximum atomic E-state index is 12.9. The predicted octanol–water partition coefficient (Wildman–Crippen LogP) is 1.27. The molecule has 2 aromatic carbocycles. The minimum atomic E-state index is -3.13. The van der Waals surface area contributed by atoms with Gasteiger partial charge in [-0.2, -0.15) is 0 Å². The SMILES string of the molecule is CNC(=O)[C@@](C)(C(=O)NN=O)N(C)C(=O)c1ccc(-c2ccc(CS(C)(=O)=O)cc2)cc1. The maximum absolute atomic E-state index is 12.9. The van der Waals surface area contributed by atoms with E-state index in [1.807, 2.05) is 0 Å². The minimum absolute atomic E-state index is 0.0512. The second-order valence-corrected chi connectivity index (χ2v) is 9.53. The number of carbonyl (C=O) groups is 3. The summed E-state index contributed by atoms with van der Waals surface area (Å²) in [6, 6.07) is 13.5. The van der Waals surface area contributed by atoms with E-state index in [2.05, 4.69) is 10.6 Å². The Morgan fingerprint density at radius 1 is 0.969 bits per heavy atom. The average Bonchev–Trinajstić information content (AvgIpc) is 2.76. The molecule has 1 atom stereocenters. The molecule has 0 bridgehead atoms. The van der Waals surface area contributed by atoms with Crippen LogP contribution in [0, 0.1) is 4.91 Å². The van der Waals surface area contributed by atoms with Crippen LogP contribution in [0.15, 0.2) is 53.8 Å². The van der Waals surface area contributed by atoms with Gasteiger partial charge in [-0.15, -0.1) is 4.91 Å². The number of nitrogens with one attached hydrogen (secondary N) is 2. The zero-order valence-electron chi connectivity index (χ0n) is 18.1. The number of nitroso groups, excluding NO2 is 1. The number of hydrogen-bond donors (Lipinski definition) is 2. The lowest BCUT2D eigenvalue weighted by molar-refractivity contribution is -0.142. The first-order chi connectivity index (χ1) is 14.9. The van der Waals surface area contributed by atoms with E-state index in [1.54, 1.807) is 54.0 Å². The smallest absolute Gasteiger partial charge is 0.278 e. The van der Waals surface area contributed by atoms with Crippen LogP contribution in [0.1, 0.15) is 22.8 Å². The quantitative estimate of drug-likeness (QED) is 0.345. The summed E-state index contributed by atoms with van der Waals surface area (Å²) in [5.41, 5.74) is 2.16. The molecule has 3 amide bonds. The Morgan fingerprint density at radius 3 is 1.91 bits per heavy atom. The highest BCUT2D eigenvalue weighted by Crippen LogP contribution is 2.23. The molecular formula is C21H24N4O6S. The predicted molar refractivity (Wildman–Crippen MR) is 119 cm³/mol. The van der Waals surface area contributed by atoms with Gasteiger partial charge in [-0.1, -0.05) is 36.4 Å². The number of nitrogens with zero attached hydrogens (tertiary/aromatic N) is 2. The van der Waals surface area contributed by atoms with Crippen molar-refractivity contribution in [1.82, 2.24) is 15.6 Å². The normalized spacial score (nSPS) is 12.9. The van der Waals surface area contributed by atoms with Crippen LogP contribution in [0.4, 0.5) is 0 Å². The molecule has 0 saturated carbocycles. The Kier molecular flexibility index (Phi) is 7.47. The van der Waals surface area contributed by atoms with Gasteiger partial charge in [-0.3, -0.25) is 14.4 Å². The van der Waals surface area contributed by atoms with Gasteiger partial charge in [0.2, 0.25) is 0 Å². The van der Waals surface area contributed by atoms with Gasteiger partial charge in [-0.05, 0) is 35.7 Å². The van der Waals surface area contributed by atoms with Crippen molar-refractivity contribution in [2.45, 2.75) is 18.2 Å². The fraction of sp³-hybridized carbons (Fsp3) is 0.286. The molecule has 0 unspecified atom stereocenters. The highest BCUT2D eigenvalue weighted by molar-refractivity contribution is 7.89. The molecule has 2 aromatic rings. The lowest BCUT2D eigenvalue weighted by Crippen LogP contribution is -2.64. The van der Waals surface area contributed by atoms with Crippen LogP contribution in [0.5, 0.6) is 0 Å². The molecule has 0 fully saturated rings. The van der Waals surface area contributed by atoms with Gasteiger partial charge >= 0.3 is 0 Å². The van der Waals surface area contributed by atoms with Gasteiger partial charge in [0.25, 0.3) is 17.7 Å². The summed E-state index contributed by atoms with van der Waals surface area (Å²) in [6.45, 7) is 1.21. The van der Waals surface area contributed by atoms with Gasteiger partial charge < -0.3 is 10.2 Å². The van der Waals surface area contributed by atoms with E-state index in [9.17, 15) is 27.7 Å². The van der Waals surface area contributed by atoms with E-state index in [1.165, 1.54) is 27.3 Å². The molecule has 32 heavy (non-hydrogen) atoms. The molecule has 0 heterocycles. The van der Waals surface area contributed by atoms with Crippen LogP contribution in [-0.2, 0) is 25.2 Å². The van der Waals surface area contributed by atoms with E-state index in [-0.39, 0.29) is 11.3 Å². The van der Waals surface area contributed by atoms with Crippen molar-refractivity contribution in [3.05, 3.63) is 64.6 Å². The Bertz CT molecular complexity index is 1130. The van der Waals surface area contributed by atoms with Gasteiger partial charge in [0.15, 0.2) is 15.4 Å². The second kappa shape index (κ2) is 9.69. The van der Waals surface area contributed by atoms with Crippen LogP contribution in [0.25, 0.3) is 11.1 Å². The molecule has 10 nitrogen and oxygen atoms in total. The molecule has 2 N–H and O–H groups in total. The van der Waals surface area contributed by atoms with Gasteiger partial charge in [0.1, 0.15) is 0 Å². The molecule has 11 heteroatoms. The first kappa shape index (κ1) is 24.7. The maximum Gasteiger partial charge on any atom is 0.278 e. The number of carbonyl (C=O) groups excluding carboxylic acids is 3. The number of amides is 3. The monoisotopic (exact) mass is 460 g/mol. The summed E-state index contributed by atoms with van der Waals surface area (Å²) in [5, 5.41) is 4.61. The van der Waals surface area contributed by atoms with Crippen molar-refractivity contribution in [1.29, 1.82) is 0 Å².